The molecule has 0 saturated carbocycles. The minimum atomic E-state index is -1.62. The first-order valence-corrected chi connectivity index (χ1v) is 7.61. The molecule has 22 heavy (non-hydrogen) atoms. The van der Waals surface area contributed by atoms with Crippen molar-refractivity contribution in [2.24, 2.45) is 0 Å². The summed E-state index contributed by atoms with van der Waals surface area (Å²) in [6.45, 7) is 1.93. The van der Waals surface area contributed by atoms with Crippen molar-refractivity contribution in [2.45, 2.75) is 16.6 Å². The molecule has 1 N–H and O–H groups in total. The van der Waals surface area contributed by atoms with Crippen LogP contribution in [-0.2, 0) is 0 Å². The summed E-state index contributed by atoms with van der Waals surface area (Å²) < 4.78 is 24.3. The summed E-state index contributed by atoms with van der Waals surface area (Å²) in [5.41, 5.74) is 1.29. The fraction of sp³-hybridized carbons (Fsp3) is 0.250. The number of rotatable bonds is 2. The van der Waals surface area contributed by atoms with Crippen LogP contribution in [0.3, 0.4) is 0 Å². The summed E-state index contributed by atoms with van der Waals surface area (Å²) in [6, 6.07) is 11.4. The molecular weight excluding hydrogens is 353 g/mol. The Balaban J connectivity index is 0.000000745. The van der Waals surface area contributed by atoms with Crippen molar-refractivity contribution in [3.05, 3.63) is 71.3 Å². The van der Waals surface area contributed by atoms with Gasteiger partial charge in [0.05, 0.1) is 5.92 Å². The molecule has 2 aromatic rings. The fourth-order valence-electron chi connectivity index (χ4n) is 1.88. The molecule has 0 aliphatic rings. The Labute approximate surface area is 143 Å². The van der Waals surface area contributed by atoms with Crippen LogP contribution in [0.4, 0.5) is 8.78 Å². The van der Waals surface area contributed by atoms with E-state index >= 15 is 0 Å². The zero-order valence-electron chi connectivity index (χ0n) is 11.7. The van der Waals surface area contributed by atoms with Crippen LogP contribution in [0, 0.1) is 11.6 Å². The topological polar surface area (TPSA) is 20.2 Å². The molecular formula is C16H15Cl3F2O. The number of aliphatic hydroxyl groups excluding tert-OH is 1. The number of hydrogen-bond donors (Lipinski definition) is 1. The van der Waals surface area contributed by atoms with Gasteiger partial charge in [-0.25, -0.2) is 8.78 Å². The lowest BCUT2D eigenvalue weighted by molar-refractivity contribution is 0.318. The van der Waals surface area contributed by atoms with Crippen LogP contribution in [0.2, 0.25) is 0 Å². The standard InChI is InChI=1S/C14H9Cl3F2.C2H6O/c15-14(16,17)13(9-1-5-11(18)6-2-9)10-3-7-12(19)8-4-10;1-2-3/h1-8,13H;3H,2H2,1H3. The summed E-state index contributed by atoms with van der Waals surface area (Å²) >= 11 is 18.0. The predicted octanol–water partition coefficient (Wildman–Crippen LogP) is 5.47. The van der Waals surface area contributed by atoms with E-state index in [1.165, 1.54) is 24.3 Å². The van der Waals surface area contributed by atoms with Crippen LogP contribution in [-0.4, -0.2) is 15.5 Å². The van der Waals surface area contributed by atoms with E-state index in [1.807, 2.05) is 0 Å². The van der Waals surface area contributed by atoms with Gasteiger partial charge in [0, 0.05) is 6.61 Å². The highest BCUT2D eigenvalue weighted by Gasteiger charge is 2.35. The molecule has 0 aliphatic heterocycles. The number of benzene rings is 2. The van der Waals surface area contributed by atoms with Crippen molar-refractivity contribution in [3.63, 3.8) is 0 Å². The van der Waals surface area contributed by atoms with E-state index in [4.69, 9.17) is 39.9 Å². The predicted molar refractivity (Wildman–Crippen MR) is 87.7 cm³/mol. The third kappa shape index (κ3) is 5.73. The smallest absolute Gasteiger partial charge is 0.201 e. The lowest BCUT2D eigenvalue weighted by Crippen LogP contribution is -2.18. The molecule has 2 aromatic carbocycles. The molecule has 1 nitrogen and oxygen atoms in total. The van der Waals surface area contributed by atoms with Gasteiger partial charge in [-0.05, 0) is 42.3 Å². The van der Waals surface area contributed by atoms with Crippen molar-refractivity contribution in [2.75, 3.05) is 6.61 Å². The highest BCUT2D eigenvalue weighted by Crippen LogP contribution is 2.45. The molecule has 2 rings (SSSR count). The molecule has 120 valence electrons. The molecule has 0 aliphatic carbocycles. The summed E-state index contributed by atoms with van der Waals surface area (Å²) in [7, 11) is 0. The van der Waals surface area contributed by atoms with Crippen LogP contribution < -0.4 is 0 Å². The zero-order chi connectivity index (χ0) is 16.8. The molecule has 0 heterocycles. The third-order valence-electron chi connectivity index (χ3n) is 2.73. The maximum absolute atomic E-state index is 13.0. The highest BCUT2D eigenvalue weighted by atomic mass is 35.6. The monoisotopic (exact) mass is 366 g/mol. The first-order valence-electron chi connectivity index (χ1n) is 6.48. The molecule has 0 aromatic heterocycles. The zero-order valence-corrected chi connectivity index (χ0v) is 14.0. The first kappa shape index (κ1) is 19.2. The Morgan fingerprint density at radius 1 is 0.864 bits per heavy atom. The van der Waals surface area contributed by atoms with Crippen molar-refractivity contribution in [3.8, 4) is 0 Å². The van der Waals surface area contributed by atoms with E-state index in [0.717, 1.165) is 0 Å². The molecule has 0 radical (unpaired) electrons. The van der Waals surface area contributed by atoms with Gasteiger partial charge >= 0.3 is 0 Å². The van der Waals surface area contributed by atoms with E-state index in [-0.39, 0.29) is 18.2 Å². The lowest BCUT2D eigenvalue weighted by atomic mass is 9.92. The van der Waals surface area contributed by atoms with Gasteiger partial charge < -0.3 is 5.11 Å². The molecule has 0 atom stereocenters. The van der Waals surface area contributed by atoms with Gasteiger partial charge in [0.15, 0.2) is 0 Å². The Hall–Kier alpha value is -0.870. The number of halogens is 5. The maximum Gasteiger partial charge on any atom is 0.201 e. The summed E-state index contributed by atoms with van der Waals surface area (Å²) in [6.07, 6.45) is 0. The van der Waals surface area contributed by atoms with Gasteiger partial charge in [0.1, 0.15) is 11.6 Å². The van der Waals surface area contributed by atoms with Crippen molar-refractivity contribution < 1.29 is 13.9 Å². The van der Waals surface area contributed by atoms with Gasteiger partial charge in [0.25, 0.3) is 0 Å². The summed E-state index contributed by atoms with van der Waals surface area (Å²) in [5, 5.41) is 7.57. The van der Waals surface area contributed by atoms with E-state index in [2.05, 4.69) is 0 Å². The average molecular weight is 368 g/mol. The van der Waals surface area contributed by atoms with E-state index in [9.17, 15) is 8.78 Å². The highest BCUT2D eigenvalue weighted by molar-refractivity contribution is 6.68. The molecule has 0 amide bonds. The van der Waals surface area contributed by atoms with Gasteiger partial charge in [-0.3, -0.25) is 0 Å². The number of hydrogen-bond acceptors (Lipinski definition) is 1. The number of alkyl halides is 3. The fourth-order valence-corrected chi connectivity index (χ4v) is 2.64. The quantitative estimate of drug-likeness (QED) is 0.698. The number of aliphatic hydroxyl groups is 1. The molecule has 0 saturated heterocycles. The molecule has 0 fully saturated rings. The van der Waals surface area contributed by atoms with Crippen molar-refractivity contribution in [1.29, 1.82) is 0 Å². The Morgan fingerprint density at radius 2 is 1.14 bits per heavy atom. The normalized spacial score (nSPS) is 11.1. The van der Waals surface area contributed by atoms with Crippen LogP contribution in [0.1, 0.15) is 24.0 Å². The average Bonchev–Trinajstić information content (AvgIpc) is 2.43. The minimum Gasteiger partial charge on any atom is -0.397 e. The van der Waals surface area contributed by atoms with Crippen LogP contribution >= 0.6 is 34.8 Å². The van der Waals surface area contributed by atoms with Gasteiger partial charge in [-0.2, -0.15) is 0 Å². The summed E-state index contributed by atoms with van der Waals surface area (Å²) in [4.78, 5) is 0. The molecule has 6 heteroatoms. The largest absolute Gasteiger partial charge is 0.397 e. The lowest BCUT2D eigenvalue weighted by Gasteiger charge is -2.25. The first-order chi connectivity index (χ1) is 10.3. The Kier molecular flexibility index (Phi) is 7.57. The van der Waals surface area contributed by atoms with Crippen molar-refractivity contribution >= 4 is 34.8 Å². The van der Waals surface area contributed by atoms with Crippen LogP contribution in [0.15, 0.2) is 48.5 Å². The van der Waals surface area contributed by atoms with Crippen LogP contribution in [0.25, 0.3) is 0 Å². The van der Waals surface area contributed by atoms with Gasteiger partial charge in [0.2, 0.25) is 3.79 Å². The molecule has 0 bridgehead atoms. The Morgan fingerprint density at radius 3 is 1.36 bits per heavy atom. The van der Waals surface area contributed by atoms with E-state index in [1.54, 1.807) is 31.2 Å². The van der Waals surface area contributed by atoms with Crippen LogP contribution in [0.5, 0.6) is 0 Å². The van der Waals surface area contributed by atoms with Crippen molar-refractivity contribution in [1.82, 2.24) is 0 Å². The second-order valence-corrected chi connectivity index (χ2v) is 6.76. The SMILES string of the molecule is CCO.Fc1ccc(C(c2ccc(F)cc2)C(Cl)(Cl)Cl)cc1. The third-order valence-corrected chi connectivity index (χ3v) is 3.39. The van der Waals surface area contributed by atoms with Gasteiger partial charge in [-0.15, -0.1) is 0 Å². The van der Waals surface area contributed by atoms with E-state index < -0.39 is 9.71 Å². The second-order valence-electron chi connectivity index (χ2n) is 4.39. The molecule has 0 unspecified atom stereocenters. The maximum atomic E-state index is 13.0. The Bertz CT molecular complexity index is 520. The second kappa shape index (κ2) is 8.68. The molecule has 0 spiro atoms. The van der Waals surface area contributed by atoms with Gasteiger partial charge in [-0.1, -0.05) is 59.1 Å². The summed E-state index contributed by atoms with van der Waals surface area (Å²) in [5.74, 6) is -1.34. The van der Waals surface area contributed by atoms with E-state index in [0.29, 0.717) is 11.1 Å². The minimum absolute atomic E-state index is 0.250.